The van der Waals surface area contributed by atoms with E-state index in [4.69, 9.17) is 4.74 Å². The molecule has 4 rings (SSSR count). The Labute approximate surface area is 181 Å². The molecule has 31 heavy (non-hydrogen) atoms. The quantitative estimate of drug-likeness (QED) is 0.749. The van der Waals surface area contributed by atoms with Crippen LogP contribution < -0.4 is 11.0 Å². The Morgan fingerprint density at radius 3 is 2.58 bits per heavy atom. The smallest absolute Gasteiger partial charge is 0.348 e. The van der Waals surface area contributed by atoms with Crippen LogP contribution in [0, 0.1) is 12.8 Å². The Balaban J connectivity index is 1.67. The van der Waals surface area contributed by atoms with Crippen LogP contribution >= 0.6 is 0 Å². The number of benzene rings is 1. The predicted molar refractivity (Wildman–Crippen MR) is 115 cm³/mol. The summed E-state index contributed by atoms with van der Waals surface area (Å²) in [4.78, 5) is 29.4. The van der Waals surface area contributed by atoms with E-state index < -0.39 is 33.6 Å². The zero-order valence-electron chi connectivity index (χ0n) is 17.9. The minimum atomic E-state index is -3.47. The predicted octanol–water partition coefficient (Wildman–Crippen LogP) is 1.76. The van der Waals surface area contributed by atoms with E-state index in [1.54, 1.807) is 43.5 Å². The molecule has 1 unspecified atom stereocenters. The van der Waals surface area contributed by atoms with Gasteiger partial charge in [-0.1, -0.05) is 32.0 Å². The number of hydrogen-bond donors (Lipinski definition) is 1. The van der Waals surface area contributed by atoms with Gasteiger partial charge in [-0.15, -0.1) is 0 Å². The molecule has 1 aromatic carbocycles. The van der Waals surface area contributed by atoms with Gasteiger partial charge in [0.05, 0.1) is 17.9 Å². The summed E-state index contributed by atoms with van der Waals surface area (Å²) < 4.78 is 33.8. The second-order valence-corrected chi connectivity index (χ2v) is 10.2. The molecule has 9 nitrogen and oxygen atoms in total. The van der Waals surface area contributed by atoms with Gasteiger partial charge in [0.15, 0.2) is 6.23 Å². The number of carbonyl (C=O) groups is 1. The fourth-order valence-corrected chi connectivity index (χ4v) is 5.82. The Morgan fingerprint density at radius 1 is 1.32 bits per heavy atom. The van der Waals surface area contributed by atoms with Gasteiger partial charge >= 0.3 is 5.69 Å². The number of aryl methyl sites for hydroxylation is 1. The molecule has 2 aliphatic heterocycles. The first-order valence-electron chi connectivity index (χ1n) is 10.2. The van der Waals surface area contributed by atoms with E-state index in [1.807, 2.05) is 13.8 Å². The Morgan fingerprint density at radius 2 is 2.00 bits per heavy atom. The number of aromatic nitrogens is 2. The van der Waals surface area contributed by atoms with Crippen molar-refractivity contribution in [1.29, 1.82) is 0 Å². The molecule has 166 valence electrons. The van der Waals surface area contributed by atoms with Gasteiger partial charge in [-0.3, -0.25) is 9.36 Å². The van der Waals surface area contributed by atoms with Crippen molar-refractivity contribution in [1.82, 2.24) is 13.9 Å². The van der Waals surface area contributed by atoms with Crippen molar-refractivity contribution in [2.75, 3.05) is 18.1 Å². The Hall–Kier alpha value is -2.56. The fourth-order valence-electron chi connectivity index (χ4n) is 4.64. The van der Waals surface area contributed by atoms with E-state index in [1.165, 1.54) is 15.1 Å². The summed E-state index contributed by atoms with van der Waals surface area (Å²) in [5.74, 6) is -0.287. The zero-order valence-corrected chi connectivity index (χ0v) is 18.7. The molecular formula is C21H26N4O5S. The summed E-state index contributed by atoms with van der Waals surface area (Å²) in [6.07, 6.45) is 2.59. The normalized spacial score (nSPS) is 28.1. The molecule has 1 aromatic heterocycles. The molecule has 0 radical (unpaired) electrons. The van der Waals surface area contributed by atoms with Crippen molar-refractivity contribution < 1.29 is 17.9 Å². The summed E-state index contributed by atoms with van der Waals surface area (Å²) >= 11 is 0. The van der Waals surface area contributed by atoms with Crippen molar-refractivity contribution >= 4 is 21.7 Å². The maximum Gasteiger partial charge on any atom is 0.351 e. The number of morpholine rings is 1. The summed E-state index contributed by atoms with van der Waals surface area (Å²) in [5, 5.41) is 2.67. The number of hydrogen-bond acceptors (Lipinski definition) is 6. The van der Waals surface area contributed by atoms with Crippen molar-refractivity contribution in [3.05, 3.63) is 58.1 Å². The standard InChI is InChI=1S/C21H26N4O5S/c1-5-21-12-25(31(4,28)29)16(14(21)3)19(30-21)24-11-13(2)17(23-20(24)27)22-18(26)15-9-7-6-8-10-15/h6-11,14,16,19H,5,12H2,1-4H3,(H,22,23,26,27)/t14-,16+,19?,21-/m0/s1. The second-order valence-electron chi connectivity index (χ2n) is 8.30. The van der Waals surface area contributed by atoms with Gasteiger partial charge in [0, 0.05) is 29.8 Å². The number of nitrogens with one attached hydrogen (secondary N) is 1. The van der Waals surface area contributed by atoms with Crippen molar-refractivity contribution in [3.63, 3.8) is 0 Å². The van der Waals surface area contributed by atoms with Gasteiger partial charge in [-0.2, -0.15) is 9.29 Å². The third kappa shape index (κ3) is 3.58. The number of anilines is 1. The van der Waals surface area contributed by atoms with Crippen LogP contribution in [-0.2, 0) is 14.8 Å². The number of rotatable bonds is 5. The molecule has 2 fully saturated rings. The summed E-state index contributed by atoms with van der Waals surface area (Å²) in [5.41, 5.74) is -0.240. The topological polar surface area (TPSA) is 111 Å². The minimum Gasteiger partial charge on any atom is -0.348 e. The van der Waals surface area contributed by atoms with Gasteiger partial charge in [-0.05, 0) is 25.5 Å². The highest BCUT2D eigenvalue weighted by Gasteiger charge is 2.63. The van der Waals surface area contributed by atoms with Gasteiger partial charge < -0.3 is 10.1 Å². The second kappa shape index (κ2) is 7.54. The van der Waals surface area contributed by atoms with Crippen LogP contribution in [0.25, 0.3) is 0 Å². The third-order valence-electron chi connectivity index (χ3n) is 6.45. The van der Waals surface area contributed by atoms with Crippen LogP contribution in [0.2, 0.25) is 0 Å². The van der Waals surface area contributed by atoms with Crippen molar-refractivity contribution in [2.24, 2.45) is 5.92 Å². The molecule has 0 spiro atoms. The van der Waals surface area contributed by atoms with Crippen molar-refractivity contribution in [2.45, 2.75) is 45.1 Å². The summed E-state index contributed by atoms with van der Waals surface area (Å²) in [6, 6.07) is 8.13. The van der Waals surface area contributed by atoms with Crippen LogP contribution in [-0.4, -0.2) is 52.6 Å². The molecule has 2 bridgehead atoms. The number of amides is 1. The molecule has 2 saturated heterocycles. The van der Waals surface area contributed by atoms with E-state index in [2.05, 4.69) is 10.3 Å². The molecule has 2 aromatic rings. The fraction of sp³-hybridized carbons (Fsp3) is 0.476. The highest BCUT2D eigenvalue weighted by atomic mass is 32.2. The lowest BCUT2D eigenvalue weighted by atomic mass is 9.88. The third-order valence-corrected chi connectivity index (χ3v) is 7.67. The molecule has 1 N–H and O–H groups in total. The number of sulfonamides is 1. The lowest BCUT2D eigenvalue weighted by molar-refractivity contribution is -0.119. The molecule has 2 aliphatic rings. The van der Waals surface area contributed by atoms with E-state index >= 15 is 0 Å². The van der Waals surface area contributed by atoms with Gasteiger partial charge in [0.25, 0.3) is 5.91 Å². The van der Waals surface area contributed by atoms with Crippen molar-refractivity contribution in [3.8, 4) is 0 Å². The van der Waals surface area contributed by atoms with Crippen LogP contribution in [0.5, 0.6) is 0 Å². The molecule has 1 amide bonds. The van der Waals surface area contributed by atoms with Crippen LogP contribution in [0.4, 0.5) is 5.82 Å². The number of nitrogens with zero attached hydrogens (tertiary/aromatic N) is 3. The van der Waals surface area contributed by atoms with Crippen LogP contribution in [0.1, 0.15) is 42.4 Å². The number of carbonyl (C=O) groups excluding carboxylic acids is 1. The first kappa shape index (κ1) is 21.7. The molecule has 0 saturated carbocycles. The van der Waals surface area contributed by atoms with Gasteiger partial charge in [0.1, 0.15) is 5.82 Å². The summed E-state index contributed by atoms with van der Waals surface area (Å²) in [7, 11) is -3.47. The average Bonchev–Trinajstić information content (AvgIpc) is 3.18. The molecule has 0 aliphatic carbocycles. The van der Waals surface area contributed by atoms with Gasteiger partial charge in [0.2, 0.25) is 10.0 Å². The maximum atomic E-state index is 12.9. The maximum absolute atomic E-state index is 12.9. The zero-order chi connectivity index (χ0) is 22.6. The number of ether oxygens (including phenoxy) is 1. The van der Waals surface area contributed by atoms with E-state index in [9.17, 15) is 18.0 Å². The van der Waals surface area contributed by atoms with E-state index in [-0.39, 0.29) is 24.2 Å². The highest BCUT2D eigenvalue weighted by Crippen LogP contribution is 2.52. The molecule has 10 heteroatoms. The minimum absolute atomic E-state index is 0.0816. The lowest BCUT2D eigenvalue weighted by Gasteiger charge is -2.36. The SMILES string of the molecule is CC[C@@]12CN(S(C)(=O)=O)[C@@H](C(n3cc(C)c(NC(=O)c4ccccc4)nc3=O)O1)[C@@H]2C. The largest absolute Gasteiger partial charge is 0.351 e. The van der Waals surface area contributed by atoms with Gasteiger partial charge in [-0.25, -0.2) is 13.2 Å². The first-order chi connectivity index (χ1) is 14.6. The van der Waals surface area contributed by atoms with E-state index in [0.717, 1.165) is 0 Å². The Kier molecular flexibility index (Phi) is 5.27. The Bertz CT molecular complexity index is 1180. The highest BCUT2D eigenvalue weighted by molar-refractivity contribution is 7.88. The number of fused-ring (bicyclic) bond motifs is 2. The molecule has 4 atom stereocenters. The lowest BCUT2D eigenvalue weighted by Crippen LogP contribution is -2.49. The molecular weight excluding hydrogens is 420 g/mol. The molecule has 3 heterocycles. The van der Waals surface area contributed by atoms with Crippen LogP contribution in [0.3, 0.4) is 0 Å². The van der Waals surface area contributed by atoms with Crippen LogP contribution in [0.15, 0.2) is 41.3 Å². The summed E-state index contributed by atoms with van der Waals surface area (Å²) in [6.45, 7) is 5.91. The average molecular weight is 447 g/mol. The monoisotopic (exact) mass is 446 g/mol. The first-order valence-corrected chi connectivity index (χ1v) is 12.0. The van der Waals surface area contributed by atoms with E-state index in [0.29, 0.717) is 17.5 Å².